The Bertz CT molecular complexity index is 1210. The van der Waals surface area contributed by atoms with Crippen LogP contribution in [0.3, 0.4) is 0 Å². The summed E-state index contributed by atoms with van der Waals surface area (Å²) in [7, 11) is -4.06. The highest BCUT2D eigenvalue weighted by Crippen LogP contribution is 2.27. The van der Waals surface area contributed by atoms with E-state index in [4.69, 9.17) is 16.3 Å². The van der Waals surface area contributed by atoms with Gasteiger partial charge in [-0.05, 0) is 62.4 Å². The van der Waals surface area contributed by atoms with Crippen LogP contribution in [0.25, 0.3) is 0 Å². The van der Waals surface area contributed by atoms with Crippen LogP contribution in [0, 0.1) is 0 Å². The van der Waals surface area contributed by atoms with E-state index in [1.54, 1.807) is 49.4 Å². The van der Waals surface area contributed by atoms with Crippen LogP contribution in [0.4, 0.5) is 5.69 Å². The average Bonchev–Trinajstić information content (AvgIpc) is 2.75. The summed E-state index contributed by atoms with van der Waals surface area (Å²) in [6, 6.07) is 16.6. The van der Waals surface area contributed by atoms with Crippen LogP contribution in [0.15, 0.2) is 71.6 Å². The topological polar surface area (TPSA) is 105 Å². The number of sulfonamides is 1. The van der Waals surface area contributed by atoms with E-state index in [2.05, 4.69) is 10.0 Å². The number of benzene rings is 3. The number of para-hydroxylation sites is 1. The highest BCUT2D eigenvalue weighted by molar-refractivity contribution is 7.92. The van der Waals surface area contributed by atoms with E-state index in [1.807, 2.05) is 6.92 Å². The molecule has 0 radical (unpaired) electrons. The normalized spacial score (nSPS) is 12.1. The highest BCUT2D eigenvalue weighted by atomic mass is 35.5. The third kappa shape index (κ3) is 5.52. The minimum atomic E-state index is -4.06. The fourth-order valence-corrected chi connectivity index (χ4v) is 4.64. The lowest BCUT2D eigenvalue weighted by Crippen LogP contribution is -2.27. The number of nitrogens with one attached hydrogen (secondary N) is 2. The summed E-state index contributed by atoms with van der Waals surface area (Å²) in [5.74, 6) is 0.167. The molecule has 0 saturated heterocycles. The fourth-order valence-electron chi connectivity index (χ4n) is 3.06. The standard InChI is InChI=1S/C23H23ClN2O5S/c1-3-31-18-11-9-17(10-12-18)26-32(29,30)22-14-16(8-13-20(22)24)23(28)25-15(2)19-6-4-5-7-21(19)27/h4-15,26-27H,3H2,1-2H3,(H,25,28). The molecule has 168 valence electrons. The Morgan fingerprint density at radius 2 is 1.78 bits per heavy atom. The van der Waals surface area contributed by atoms with Crippen LogP contribution in [-0.4, -0.2) is 26.0 Å². The molecule has 9 heteroatoms. The molecule has 0 spiro atoms. The lowest BCUT2D eigenvalue weighted by Gasteiger charge is -2.16. The van der Waals surface area contributed by atoms with Gasteiger partial charge in [0.05, 0.1) is 17.7 Å². The molecule has 0 aliphatic carbocycles. The molecule has 7 nitrogen and oxygen atoms in total. The summed E-state index contributed by atoms with van der Waals surface area (Å²) < 4.78 is 33.6. The first-order valence-corrected chi connectivity index (χ1v) is 11.7. The molecule has 0 fully saturated rings. The first-order valence-electron chi connectivity index (χ1n) is 9.85. The first-order chi connectivity index (χ1) is 15.2. The zero-order valence-electron chi connectivity index (χ0n) is 17.5. The number of carbonyl (C=O) groups is 1. The molecular formula is C23H23ClN2O5S. The van der Waals surface area contributed by atoms with Crippen LogP contribution in [-0.2, 0) is 10.0 Å². The molecular weight excluding hydrogens is 452 g/mol. The molecule has 1 unspecified atom stereocenters. The van der Waals surface area contributed by atoms with Crippen molar-refractivity contribution in [3.63, 3.8) is 0 Å². The van der Waals surface area contributed by atoms with Gasteiger partial charge in [0.25, 0.3) is 15.9 Å². The number of hydrogen-bond donors (Lipinski definition) is 3. The monoisotopic (exact) mass is 474 g/mol. The summed E-state index contributed by atoms with van der Waals surface area (Å²) >= 11 is 6.14. The second kappa shape index (κ2) is 9.93. The quantitative estimate of drug-likeness (QED) is 0.437. The van der Waals surface area contributed by atoms with Crippen molar-refractivity contribution in [3.05, 3.63) is 82.9 Å². The van der Waals surface area contributed by atoms with E-state index in [9.17, 15) is 18.3 Å². The summed E-state index contributed by atoms with van der Waals surface area (Å²) in [5.41, 5.74) is 0.983. The molecule has 0 aliphatic heterocycles. The number of phenols is 1. The van der Waals surface area contributed by atoms with Crippen molar-refractivity contribution in [2.75, 3.05) is 11.3 Å². The van der Waals surface area contributed by atoms with Crippen LogP contribution in [0.5, 0.6) is 11.5 Å². The number of ether oxygens (including phenoxy) is 1. The number of hydrogen-bond acceptors (Lipinski definition) is 5. The van der Waals surface area contributed by atoms with Gasteiger partial charge >= 0.3 is 0 Å². The Morgan fingerprint density at radius 1 is 1.09 bits per heavy atom. The Kier molecular flexibility index (Phi) is 7.27. The summed E-state index contributed by atoms with van der Waals surface area (Å²) in [6.45, 7) is 4.07. The molecule has 0 aromatic heterocycles. The van der Waals surface area contributed by atoms with Crippen molar-refractivity contribution in [1.82, 2.24) is 5.32 Å². The maximum absolute atomic E-state index is 12.9. The second-order valence-corrected chi connectivity index (χ2v) is 9.02. The van der Waals surface area contributed by atoms with Crippen molar-refractivity contribution >= 4 is 33.2 Å². The molecule has 3 aromatic rings. The number of rotatable bonds is 8. The van der Waals surface area contributed by atoms with Crippen LogP contribution >= 0.6 is 11.6 Å². The third-order valence-electron chi connectivity index (χ3n) is 4.65. The Morgan fingerprint density at radius 3 is 2.44 bits per heavy atom. The van der Waals surface area contributed by atoms with Crippen molar-refractivity contribution in [2.24, 2.45) is 0 Å². The van der Waals surface area contributed by atoms with Crippen molar-refractivity contribution in [3.8, 4) is 11.5 Å². The van der Waals surface area contributed by atoms with Gasteiger partial charge in [-0.3, -0.25) is 9.52 Å². The summed E-state index contributed by atoms with van der Waals surface area (Å²) in [5, 5.41) is 12.7. The maximum atomic E-state index is 12.9. The summed E-state index contributed by atoms with van der Waals surface area (Å²) in [6.07, 6.45) is 0. The lowest BCUT2D eigenvalue weighted by molar-refractivity contribution is 0.0939. The van der Waals surface area contributed by atoms with Gasteiger partial charge in [-0.15, -0.1) is 0 Å². The summed E-state index contributed by atoms with van der Waals surface area (Å²) in [4.78, 5) is 12.5. The number of amides is 1. The highest BCUT2D eigenvalue weighted by Gasteiger charge is 2.22. The zero-order valence-corrected chi connectivity index (χ0v) is 19.1. The molecule has 0 heterocycles. The largest absolute Gasteiger partial charge is 0.508 e. The lowest BCUT2D eigenvalue weighted by atomic mass is 10.1. The van der Waals surface area contributed by atoms with E-state index >= 15 is 0 Å². The van der Waals surface area contributed by atoms with E-state index in [0.29, 0.717) is 23.6 Å². The third-order valence-corrected chi connectivity index (χ3v) is 6.51. The SMILES string of the molecule is CCOc1ccc(NS(=O)(=O)c2cc(C(=O)NC(C)c3ccccc3O)ccc2Cl)cc1. The average molecular weight is 475 g/mol. The van der Waals surface area contributed by atoms with Crippen molar-refractivity contribution in [1.29, 1.82) is 0 Å². The molecule has 1 atom stereocenters. The van der Waals surface area contributed by atoms with Crippen molar-refractivity contribution in [2.45, 2.75) is 24.8 Å². The molecule has 32 heavy (non-hydrogen) atoms. The number of aromatic hydroxyl groups is 1. The van der Waals surface area contributed by atoms with Gasteiger partial charge in [0.15, 0.2) is 0 Å². The molecule has 3 aromatic carbocycles. The van der Waals surface area contributed by atoms with Gasteiger partial charge in [-0.1, -0.05) is 29.8 Å². The maximum Gasteiger partial charge on any atom is 0.263 e. The van der Waals surface area contributed by atoms with E-state index in [0.717, 1.165) is 0 Å². The molecule has 0 saturated carbocycles. The molecule has 1 amide bonds. The van der Waals surface area contributed by atoms with Gasteiger partial charge in [0.1, 0.15) is 16.4 Å². The number of carbonyl (C=O) groups excluding carboxylic acids is 1. The van der Waals surface area contributed by atoms with Gasteiger partial charge in [0.2, 0.25) is 0 Å². The van der Waals surface area contributed by atoms with Gasteiger partial charge in [-0.25, -0.2) is 8.42 Å². The first kappa shape index (κ1) is 23.4. The van der Waals surface area contributed by atoms with Gasteiger partial charge in [0, 0.05) is 16.8 Å². The van der Waals surface area contributed by atoms with E-state index in [-0.39, 0.29) is 21.2 Å². The minimum Gasteiger partial charge on any atom is -0.508 e. The predicted octanol–water partition coefficient (Wildman–Crippen LogP) is 4.74. The molecule has 0 aliphatic rings. The van der Waals surface area contributed by atoms with Gasteiger partial charge in [-0.2, -0.15) is 0 Å². The smallest absolute Gasteiger partial charge is 0.263 e. The fraction of sp³-hybridized carbons (Fsp3) is 0.174. The van der Waals surface area contributed by atoms with Gasteiger partial charge < -0.3 is 15.2 Å². The van der Waals surface area contributed by atoms with Crippen LogP contribution < -0.4 is 14.8 Å². The number of anilines is 1. The molecule has 3 rings (SSSR count). The Balaban J connectivity index is 1.81. The van der Waals surface area contributed by atoms with Crippen LogP contribution in [0.2, 0.25) is 5.02 Å². The number of phenolic OH excluding ortho intramolecular Hbond substituents is 1. The Labute approximate surface area is 192 Å². The van der Waals surface area contributed by atoms with Crippen molar-refractivity contribution < 1.29 is 23.1 Å². The zero-order chi connectivity index (χ0) is 23.3. The predicted molar refractivity (Wildman–Crippen MR) is 124 cm³/mol. The minimum absolute atomic E-state index is 0.0197. The number of halogens is 1. The molecule has 3 N–H and O–H groups in total. The van der Waals surface area contributed by atoms with E-state index < -0.39 is 22.0 Å². The second-order valence-electron chi connectivity index (χ2n) is 6.96. The molecule has 0 bridgehead atoms. The van der Waals surface area contributed by atoms with E-state index in [1.165, 1.54) is 24.3 Å². The van der Waals surface area contributed by atoms with Crippen LogP contribution in [0.1, 0.15) is 35.8 Å². The Hall–Kier alpha value is -3.23.